The smallest absolute Gasteiger partial charge is 0.253 e. The molecule has 5 nitrogen and oxygen atoms in total. The van der Waals surface area contributed by atoms with Crippen LogP contribution in [0.15, 0.2) is 61.1 Å². The molecule has 3 aromatic heterocycles. The minimum absolute atomic E-state index is 0.274. The third-order valence-electron chi connectivity index (χ3n) is 3.30. The molecular formula is C16H10FN5. The molecule has 0 radical (unpaired) electrons. The van der Waals surface area contributed by atoms with Gasteiger partial charge >= 0.3 is 0 Å². The van der Waals surface area contributed by atoms with Crippen LogP contribution in [0, 0.1) is 5.82 Å². The molecule has 4 rings (SSSR count). The van der Waals surface area contributed by atoms with E-state index in [0.29, 0.717) is 11.6 Å². The summed E-state index contributed by atoms with van der Waals surface area (Å²) < 4.78 is 14.7. The van der Waals surface area contributed by atoms with Crippen LogP contribution in [0.5, 0.6) is 0 Å². The van der Waals surface area contributed by atoms with E-state index >= 15 is 0 Å². The highest BCUT2D eigenvalue weighted by Gasteiger charge is 2.11. The van der Waals surface area contributed by atoms with Gasteiger partial charge < -0.3 is 0 Å². The van der Waals surface area contributed by atoms with Crippen LogP contribution in [-0.4, -0.2) is 24.6 Å². The Morgan fingerprint density at radius 3 is 2.55 bits per heavy atom. The van der Waals surface area contributed by atoms with E-state index in [4.69, 9.17) is 0 Å². The first-order valence-corrected chi connectivity index (χ1v) is 6.69. The first kappa shape index (κ1) is 12.6. The van der Waals surface area contributed by atoms with Gasteiger partial charge in [-0.3, -0.25) is 4.98 Å². The lowest BCUT2D eigenvalue weighted by atomic mass is 10.1. The first-order valence-electron chi connectivity index (χ1n) is 6.69. The lowest BCUT2D eigenvalue weighted by Gasteiger charge is -2.03. The molecule has 0 saturated heterocycles. The molecule has 4 aromatic rings. The molecule has 0 unspecified atom stereocenters. The van der Waals surface area contributed by atoms with E-state index in [-0.39, 0.29) is 5.82 Å². The summed E-state index contributed by atoms with van der Waals surface area (Å²) in [6, 6.07) is 11.8. The summed E-state index contributed by atoms with van der Waals surface area (Å²) in [6.45, 7) is 0. The SMILES string of the molecule is Fc1ccc(-c2ccnc3nc(-c4cccnc4)nn23)cc1. The molecule has 0 saturated carbocycles. The van der Waals surface area contributed by atoms with Gasteiger partial charge in [0.2, 0.25) is 0 Å². The number of hydrogen-bond acceptors (Lipinski definition) is 4. The number of hydrogen-bond donors (Lipinski definition) is 0. The zero-order valence-electron chi connectivity index (χ0n) is 11.4. The Hall–Kier alpha value is -3.15. The molecule has 22 heavy (non-hydrogen) atoms. The predicted octanol–water partition coefficient (Wildman–Crippen LogP) is 2.99. The van der Waals surface area contributed by atoms with E-state index in [9.17, 15) is 4.39 Å². The topological polar surface area (TPSA) is 56.0 Å². The van der Waals surface area contributed by atoms with E-state index in [1.165, 1.54) is 12.1 Å². The van der Waals surface area contributed by atoms with Crippen molar-refractivity contribution in [3.05, 3.63) is 66.9 Å². The van der Waals surface area contributed by atoms with E-state index < -0.39 is 0 Å². The number of benzene rings is 1. The second-order valence-electron chi connectivity index (χ2n) is 4.73. The van der Waals surface area contributed by atoms with Gasteiger partial charge in [0, 0.05) is 29.7 Å². The molecule has 0 aliphatic heterocycles. The molecule has 0 amide bonds. The Balaban J connectivity index is 1.90. The Bertz CT molecular complexity index is 932. The molecule has 1 aromatic carbocycles. The second-order valence-corrected chi connectivity index (χ2v) is 4.73. The van der Waals surface area contributed by atoms with Gasteiger partial charge in [-0.15, -0.1) is 5.10 Å². The minimum Gasteiger partial charge on any atom is -0.264 e. The van der Waals surface area contributed by atoms with E-state index in [1.807, 2.05) is 18.2 Å². The Morgan fingerprint density at radius 1 is 0.909 bits per heavy atom. The number of rotatable bonds is 2. The van der Waals surface area contributed by atoms with Crippen LogP contribution in [0.2, 0.25) is 0 Å². The molecule has 0 spiro atoms. The van der Waals surface area contributed by atoms with Crippen LogP contribution < -0.4 is 0 Å². The highest BCUT2D eigenvalue weighted by Crippen LogP contribution is 2.21. The molecule has 0 fully saturated rings. The maximum Gasteiger partial charge on any atom is 0.253 e. The summed E-state index contributed by atoms with van der Waals surface area (Å²) in [7, 11) is 0. The molecule has 0 aliphatic carbocycles. The molecule has 0 aliphatic rings. The number of aromatic nitrogens is 5. The largest absolute Gasteiger partial charge is 0.264 e. The van der Waals surface area contributed by atoms with Crippen LogP contribution in [0.25, 0.3) is 28.4 Å². The lowest BCUT2D eigenvalue weighted by molar-refractivity contribution is 0.628. The van der Waals surface area contributed by atoms with Gasteiger partial charge in [0.05, 0.1) is 5.69 Å². The van der Waals surface area contributed by atoms with Crippen LogP contribution in [0.3, 0.4) is 0 Å². The maximum absolute atomic E-state index is 13.1. The zero-order chi connectivity index (χ0) is 14.9. The van der Waals surface area contributed by atoms with Crippen LogP contribution in [-0.2, 0) is 0 Å². The van der Waals surface area contributed by atoms with Gasteiger partial charge in [-0.2, -0.15) is 9.50 Å². The van der Waals surface area contributed by atoms with Crippen LogP contribution in [0.1, 0.15) is 0 Å². The standard InChI is InChI=1S/C16H10FN5/c17-13-5-3-11(4-6-13)14-7-9-19-16-20-15(21-22(14)16)12-2-1-8-18-10-12/h1-10H. The van der Waals surface area contributed by atoms with Crippen molar-refractivity contribution in [1.29, 1.82) is 0 Å². The van der Waals surface area contributed by atoms with Gasteiger partial charge in [-0.1, -0.05) is 0 Å². The molecule has 6 heteroatoms. The number of halogens is 1. The normalized spacial score (nSPS) is 11.0. The third-order valence-corrected chi connectivity index (χ3v) is 3.30. The van der Waals surface area contributed by atoms with Crippen molar-refractivity contribution in [3.8, 4) is 22.6 Å². The minimum atomic E-state index is -0.274. The molecule has 0 N–H and O–H groups in total. The highest BCUT2D eigenvalue weighted by atomic mass is 19.1. The molecule has 0 atom stereocenters. The fraction of sp³-hybridized carbons (Fsp3) is 0. The summed E-state index contributed by atoms with van der Waals surface area (Å²) >= 11 is 0. The lowest BCUT2D eigenvalue weighted by Crippen LogP contribution is -1.96. The summed E-state index contributed by atoms with van der Waals surface area (Å²) in [5.74, 6) is 0.763. The summed E-state index contributed by atoms with van der Waals surface area (Å²) in [5.41, 5.74) is 2.46. The first-order chi connectivity index (χ1) is 10.8. The van der Waals surface area contributed by atoms with Gasteiger partial charge in [-0.05, 0) is 42.5 Å². The van der Waals surface area contributed by atoms with Crippen LogP contribution in [0.4, 0.5) is 4.39 Å². The van der Waals surface area contributed by atoms with Gasteiger partial charge in [-0.25, -0.2) is 9.37 Å². The van der Waals surface area contributed by atoms with E-state index in [1.54, 1.807) is 35.2 Å². The maximum atomic E-state index is 13.1. The Kier molecular flexibility index (Phi) is 2.86. The molecule has 0 bridgehead atoms. The second kappa shape index (κ2) is 5.00. The van der Waals surface area contributed by atoms with Crippen molar-refractivity contribution in [2.45, 2.75) is 0 Å². The summed E-state index contributed by atoms with van der Waals surface area (Å²) in [6.07, 6.45) is 5.06. The van der Waals surface area contributed by atoms with Crippen molar-refractivity contribution in [2.24, 2.45) is 0 Å². The number of pyridine rings is 1. The van der Waals surface area contributed by atoms with Crippen LogP contribution >= 0.6 is 0 Å². The monoisotopic (exact) mass is 291 g/mol. The van der Waals surface area contributed by atoms with Crippen molar-refractivity contribution < 1.29 is 4.39 Å². The van der Waals surface area contributed by atoms with Gasteiger partial charge in [0.25, 0.3) is 5.78 Å². The zero-order valence-corrected chi connectivity index (χ0v) is 11.4. The van der Waals surface area contributed by atoms with E-state index in [2.05, 4.69) is 20.1 Å². The molecule has 3 heterocycles. The molecular weight excluding hydrogens is 281 g/mol. The summed E-state index contributed by atoms with van der Waals surface area (Å²) in [4.78, 5) is 12.7. The predicted molar refractivity (Wildman–Crippen MR) is 79.4 cm³/mol. The Labute approximate surface area is 125 Å². The highest BCUT2D eigenvalue weighted by molar-refractivity contribution is 5.63. The third kappa shape index (κ3) is 2.10. The quantitative estimate of drug-likeness (QED) is 0.569. The number of nitrogens with zero attached hydrogens (tertiary/aromatic N) is 5. The van der Waals surface area contributed by atoms with Crippen molar-refractivity contribution >= 4 is 5.78 Å². The van der Waals surface area contributed by atoms with Gasteiger partial charge in [0.15, 0.2) is 5.82 Å². The fourth-order valence-corrected chi connectivity index (χ4v) is 2.25. The average Bonchev–Trinajstić information content (AvgIpc) is 3.01. The van der Waals surface area contributed by atoms with Crippen molar-refractivity contribution in [3.63, 3.8) is 0 Å². The summed E-state index contributed by atoms with van der Waals surface area (Å²) in [5, 5.41) is 4.49. The van der Waals surface area contributed by atoms with Gasteiger partial charge in [0.1, 0.15) is 5.82 Å². The van der Waals surface area contributed by atoms with Crippen molar-refractivity contribution in [1.82, 2.24) is 24.6 Å². The van der Waals surface area contributed by atoms with Crippen molar-refractivity contribution in [2.75, 3.05) is 0 Å². The molecule has 106 valence electrons. The Morgan fingerprint density at radius 2 is 1.77 bits per heavy atom. The fourth-order valence-electron chi connectivity index (χ4n) is 2.25. The number of fused-ring (bicyclic) bond motifs is 1. The average molecular weight is 291 g/mol. The van der Waals surface area contributed by atoms with E-state index in [0.717, 1.165) is 16.8 Å².